The second-order valence-electron chi connectivity index (χ2n) is 6.12. The van der Waals surface area contributed by atoms with Gasteiger partial charge in [-0.05, 0) is 35.7 Å². The fourth-order valence-corrected chi connectivity index (χ4v) is 2.96. The normalized spacial score (nSPS) is 12.4. The molecule has 0 heterocycles. The van der Waals surface area contributed by atoms with Gasteiger partial charge in [0.1, 0.15) is 0 Å². The van der Waals surface area contributed by atoms with Gasteiger partial charge in [0, 0.05) is 0 Å². The van der Waals surface area contributed by atoms with Crippen molar-refractivity contribution in [3.63, 3.8) is 0 Å². The Labute approximate surface area is 101 Å². The van der Waals surface area contributed by atoms with E-state index in [-0.39, 0.29) is 0 Å². The molecule has 0 amide bonds. The summed E-state index contributed by atoms with van der Waals surface area (Å²) in [6.07, 6.45) is 2.55. The Morgan fingerprint density at radius 3 is 1.69 bits per heavy atom. The zero-order chi connectivity index (χ0) is 12.2. The van der Waals surface area contributed by atoms with E-state index in [1.165, 1.54) is 18.4 Å². The van der Waals surface area contributed by atoms with Crippen LogP contribution < -0.4 is 0 Å². The molecule has 0 fully saturated rings. The Balaban J connectivity index is 2.95. The molecule has 0 radical (unpaired) electrons. The van der Waals surface area contributed by atoms with Crippen LogP contribution in [0.15, 0.2) is 30.3 Å². The third-order valence-electron chi connectivity index (χ3n) is 3.19. The molecule has 0 heteroatoms. The van der Waals surface area contributed by atoms with Gasteiger partial charge in [-0.25, -0.2) is 0 Å². The number of hydrogen-bond donors (Lipinski definition) is 0. The van der Waals surface area contributed by atoms with Crippen molar-refractivity contribution in [1.82, 2.24) is 0 Å². The van der Waals surface area contributed by atoms with E-state index < -0.39 is 0 Å². The molecule has 0 atom stereocenters. The molecule has 0 nitrogen and oxygen atoms in total. The smallest absolute Gasteiger partial charge is 0.00704 e. The highest BCUT2D eigenvalue weighted by Gasteiger charge is 2.28. The molecule has 0 unspecified atom stereocenters. The summed E-state index contributed by atoms with van der Waals surface area (Å²) in [5.74, 6) is 1.51. The second-order valence-corrected chi connectivity index (χ2v) is 6.12. The zero-order valence-corrected chi connectivity index (χ0v) is 11.5. The lowest BCUT2D eigenvalue weighted by molar-refractivity contribution is 0.306. The average molecular weight is 218 g/mol. The molecule has 1 aromatic rings. The van der Waals surface area contributed by atoms with Crippen LogP contribution in [0.4, 0.5) is 0 Å². The van der Waals surface area contributed by atoms with Gasteiger partial charge in [-0.1, -0.05) is 65.0 Å². The molecule has 0 aliphatic heterocycles. The Bertz CT molecular complexity index is 285. The van der Waals surface area contributed by atoms with Crippen LogP contribution in [0.2, 0.25) is 0 Å². The van der Waals surface area contributed by atoms with Crippen molar-refractivity contribution in [3.8, 4) is 0 Å². The molecule has 16 heavy (non-hydrogen) atoms. The Morgan fingerprint density at radius 1 is 0.875 bits per heavy atom. The lowest BCUT2D eigenvalue weighted by Gasteiger charge is -2.33. The molecular weight excluding hydrogens is 192 g/mol. The van der Waals surface area contributed by atoms with Crippen LogP contribution in [0.3, 0.4) is 0 Å². The van der Waals surface area contributed by atoms with Crippen molar-refractivity contribution in [2.75, 3.05) is 0 Å². The van der Waals surface area contributed by atoms with E-state index >= 15 is 0 Å². The average Bonchev–Trinajstić information content (AvgIpc) is 2.16. The van der Waals surface area contributed by atoms with E-state index in [9.17, 15) is 0 Å². The lowest BCUT2D eigenvalue weighted by atomic mass is 9.71. The summed E-state index contributed by atoms with van der Waals surface area (Å²) in [4.78, 5) is 0. The Morgan fingerprint density at radius 2 is 1.31 bits per heavy atom. The van der Waals surface area contributed by atoms with Gasteiger partial charge < -0.3 is 0 Å². The fourth-order valence-electron chi connectivity index (χ4n) is 2.96. The first-order chi connectivity index (χ1) is 7.44. The largest absolute Gasteiger partial charge is 0.0627 e. The zero-order valence-electron chi connectivity index (χ0n) is 11.5. The van der Waals surface area contributed by atoms with Gasteiger partial charge in [0.25, 0.3) is 0 Å². The summed E-state index contributed by atoms with van der Waals surface area (Å²) in [6, 6.07) is 11.0. The van der Waals surface area contributed by atoms with E-state index in [1.54, 1.807) is 0 Å². The van der Waals surface area contributed by atoms with Crippen LogP contribution in [0, 0.1) is 11.8 Å². The van der Waals surface area contributed by atoms with E-state index in [1.807, 2.05) is 0 Å². The van der Waals surface area contributed by atoms with Gasteiger partial charge in [-0.3, -0.25) is 0 Å². The Hall–Kier alpha value is -0.780. The van der Waals surface area contributed by atoms with Gasteiger partial charge in [-0.15, -0.1) is 0 Å². The van der Waals surface area contributed by atoms with Crippen LogP contribution in [-0.4, -0.2) is 0 Å². The third-order valence-corrected chi connectivity index (χ3v) is 3.19. The highest BCUT2D eigenvalue weighted by molar-refractivity contribution is 5.24. The quantitative estimate of drug-likeness (QED) is 0.649. The topological polar surface area (TPSA) is 0 Å². The molecule has 0 saturated heterocycles. The maximum atomic E-state index is 2.42. The van der Waals surface area contributed by atoms with Crippen molar-refractivity contribution < 1.29 is 0 Å². The van der Waals surface area contributed by atoms with Crippen molar-refractivity contribution >= 4 is 0 Å². The molecule has 90 valence electrons. The minimum atomic E-state index is 0.337. The number of hydrogen-bond acceptors (Lipinski definition) is 0. The van der Waals surface area contributed by atoms with Crippen molar-refractivity contribution in [2.24, 2.45) is 11.8 Å². The summed E-state index contributed by atoms with van der Waals surface area (Å²) in [6.45, 7) is 11.7. The highest BCUT2D eigenvalue weighted by atomic mass is 14.3. The van der Waals surface area contributed by atoms with Crippen molar-refractivity contribution in [2.45, 2.75) is 52.9 Å². The lowest BCUT2D eigenvalue weighted by Crippen LogP contribution is -2.26. The molecule has 0 N–H and O–H groups in total. The van der Waals surface area contributed by atoms with Crippen molar-refractivity contribution in [1.29, 1.82) is 0 Å². The minimum absolute atomic E-state index is 0.337. The molecule has 0 saturated carbocycles. The molecular formula is C16H26. The van der Waals surface area contributed by atoms with Gasteiger partial charge >= 0.3 is 0 Å². The van der Waals surface area contributed by atoms with Crippen LogP contribution in [0.1, 0.15) is 53.0 Å². The fraction of sp³-hybridized carbons (Fsp3) is 0.625. The van der Waals surface area contributed by atoms with Gasteiger partial charge in [-0.2, -0.15) is 0 Å². The number of rotatable bonds is 5. The van der Waals surface area contributed by atoms with E-state index in [4.69, 9.17) is 0 Å². The van der Waals surface area contributed by atoms with E-state index in [0.29, 0.717) is 5.41 Å². The van der Waals surface area contributed by atoms with Gasteiger partial charge in [0.2, 0.25) is 0 Å². The van der Waals surface area contributed by atoms with Crippen LogP contribution >= 0.6 is 0 Å². The first-order valence-electron chi connectivity index (χ1n) is 6.49. The highest BCUT2D eigenvalue weighted by Crippen LogP contribution is 2.36. The monoisotopic (exact) mass is 218 g/mol. The molecule has 0 aromatic heterocycles. The third kappa shape index (κ3) is 3.66. The molecule has 1 rings (SSSR count). The molecule has 0 aliphatic carbocycles. The summed E-state index contributed by atoms with van der Waals surface area (Å²) < 4.78 is 0. The van der Waals surface area contributed by atoms with Gasteiger partial charge in [0.05, 0.1) is 0 Å². The summed E-state index contributed by atoms with van der Waals surface area (Å²) in [5, 5.41) is 0. The maximum absolute atomic E-state index is 2.42. The first kappa shape index (κ1) is 13.3. The predicted octanol–water partition coefficient (Wildman–Crippen LogP) is 5.04. The van der Waals surface area contributed by atoms with Crippen LogP contribution in [-0.2, 0) is 5.41 Å². The second kappa shape index (κ2) is 5.52. The minimum Gasteiger partial charge on any atom is -0.0627 e. The van der Waals surface area contributed by atoms with Gasteiger partial charge in [0.15, 0.2) is 0 Å². The number of benzene rings is 1. The van der Waals surface area contributed by atoms with E-state index in [0.717, 1.165) is 11.8 Å². The summed E-state index contributed by atoms with van der Waals surface area (Å²) in [5.41, 5.74) is 1.83. The molecule has 0 aliphatic rings. The van der Waals surface area contributed by atoms with E-state index in [2.05, 4.69) is 65.0 Å². The maximum Gasteiger partial charge on any atom is -0.00704 e. The van der Waals surface area contributed by atoms with Crippen LogP contribution in [0.25, 0.3) is 0 Å². The molecule has 0 spiro atoms. The van der Waals surface area contributed by atoms with Crippen molar-refractivity contribution in [3.05, 3.63) is 35.9 Å². The SMILES string of the molecule is CC(C)CC(C)(CC(C)C)c1ccccc1. The molecule has 1 aromatic carbocycles. The standard InChI is InChI=1S/C16H26/c1-13(2)11-16(5,12-14(3)4)15-9-7-6-8-10-15/h6-10,13-14H,11-12H2,1-5H3. The van der Waals surface area contributed by atoms with Crippen LogP contribution in [0.5, 0.6) is 0 Å². The predicted molar refractivity (Wildman–Crippen MR) is 72.7 cm³/mol. The Kier molecular flexibility index (Phi) is 4.58. The summed E-state index contributed by atoms with van der Waals surface area (Å²) in [7, 11) is 0. The molecule has 0 bridgehead atoms. The first-order valence-corrected chi connectivity index (χ1v) is 6.49. The summed E-state index contributed by atoms with van der Waals surface area (Å²) >= 11 is 0.